The van der Waals surface area contributed by atoms with Crippen molar-refractivity contribution in [1.82, 2.24) is 0 Å². The van der Waals surface area contributed by atoms with Gasteiger partial charge in [0.25, 0.3) is 0 Å². The Morgan fingerprint density at radius 1 is 0.293 bits per heavy atom. The molecule has 3 unspecified atom stereocenters. The average Bonchev–Trinajstić information content (AvgIpc) is 0.978. The first-order valence-electron chi connectivity index (χ1n) is 41.4. The molecule has 19 heteroatoms. The molecule has 0 radical (unpaired) electrons. The number of hydrogen-bond donors (Lipinski definition) is 3. The van der Waals surface area contributed by atoms with Gasteiger partial charge in [-0.3, -0.25) is 37.3 Å². The zero-order valence-corrected chi connectivity index (χ0v) is 66.8. The quantitative estimate of drug-likeness (QED) is 0.0222. The third-order valence-electron chi connectivity index (χ3n) is 19.0. The number of aliphatic hydroxyl groups is 1. The summed E-state index contributed by atoms with van der Waals surface area (Å²) in [6, 6.07) is 0. The number of hydrogen-bond acceptors (Lipinski definition) is 15. The third-order valence-corrected chi connectivity index (χ3v) is 20.9. The van der Waals surface area contributed by atoms with Crippen molar-refractivity contribution in [3.8, 4) is 0 Å². The summed E-state index contributed by atoms with van der Waals surface area (Å²) in [5.41, 5.74) is 0. The molecule has 0 saturated heterocycles. The van der Waals surface area contributed by atoms with Crippen LogP contribution in [0.5, 0.6) is 0 Å². The van der Waals surface area contributed by atoms with E-state index in [1.807, 2.05) is 0 Å². The Labute approximate surface area is 607 Å². The molecule has 0 heterocycles. The SMILES string of the molecule is CCCCCCCCCCCCC(=O)OC[C@H](COP(=O)(O)OC[C@H](O)COP(=O)(O)OC[C@@H](COC(=O)CCCCCCCCCCCCCCCC(C)C)OC(=O)CCCCCCCCCCCCCCCCCCC(C)C)OC(=O)CCCCCCCCCCCCC(C)CC. The number of carbonyl (C=O) groups is 4. The van der Waals surface area contributed by atoms with E-state index in [9.17, 15) is 43.2 Å². The average molecular weight is 1450 g/mol. The lowest BCUT2D eigenvalue weighted by Crippen LogP contribution is -2.30. The van der Waals surface area contributed by atoms with Crippen molar-refractivity contribution in [3.05, 3.63) is 0 Å². The number of carbonyl (C=O) groups excluding carboxylic acids is 4. The molecule has 0 fully saturated rings. The number of phosphoric acid groups is 2. The number of esters is 4. The molecule has 0 aliphatic carbocycles. The number of rotatable bonds is 78. The second-order valence-corrected chi connectivity index (χ2v) is 32.9. The summed E-state index contributed by atoms with van der Waals surface area (Å²) >= 11 is 0. The molecule has 0 bridgehead atoms. The van der Waals surface area contributed by atoms with Gasteiger partial charge in [-0.05, 0) is 43.4 Å². The maximum absolute atomic E-state index is 13.1. The van der Waals surface area contributed by atoms with E-state index in [-0.39, 0.29) is 25.7 Å². The van der Waals surface area contributed by atoms with Crippen molar-refractivity contribution in [3.63, 3.8) is 0 Å². The summed E-state index contributed by atoms with van der Waals surface area (Å²) in [6.07, 6.45) is 58.1. The smallest absolute Gasteiger partial charge is 0.462 e. The molecule has 0 rings (SSSR count). The Morgan fingerprint density at radius 2 is 0.515 bits per heavy atom. The Morgan fingerprint density at radius 3 is 0.768 bits per heavy atom. The summed E-state index contributed by atoms with van der Waals surface area (Å²) in [5, 5.41) is 10.6. The van der Waals surface area contributed by atoms with Crippen molar-refractivity contribution in [2.75, 3.05) is 39.6 Å². The van der Waals surface area contributed by atoms with E-state index in [1.165, 1.54) is 225 Å². The van der Waals surface area contributed by atoms with Crippen LogP contribution in [0.3, 0.4) is 0 Å². The molecule has 0 saturated carbocycles. The Balaban J connectivity index is 5.25. The van der Waals surface area contributed by atoms with Gasteiger partial charge in [0.15, 0.2) is 12.2 Å². The van der Waals surface area contributed by atoms with Crippen molar-refractivity contribution in [2.24, 2.45) is 17.8 Å². The summed E-state index contributed by atoms with van der Waals surface area (Å²) < 4.78 is 68.7. The van der Waals surface area contributed by atoms with Gasteiger partial charge in [-0.2, -0.15) is 0 Å². The van der Waals surface area contributed by atoms with E-state index < -0.39 is 97.5 Å². The molecule has 3 N–H and O–H groups in total. The first-order valence-corrected chi connectivity index (χ1v) is 44.4. The predicted molar refractivity (Wildman–Crippen MR) is 405 cm³/mol. The summed E-state index contributed by atoms with van der Waals surface area (Å²) in [4.78, 5) is 73.0. The van der Waals surface area contributed by atoms with Crippen molar-refractivity contribution >= 4 is 39.5 Å². The standard InChI is InChI=1S/C80H156O17P2/c1-8-10-11-12-13-14-33-40-47-54-61-77(82)90-67-75(97-80(85)64-57-50-43-36-29-28-32-39-46-53-60-73(7)9-2)69-94-98(86,87)92-65-74(81)66-93-99(88,89)95-70-76(68-91-78(83)62-55-48-41-34-26-23-19-21-25-31-38-45-52-59-72(5)6)96-79(84)63-56-49-42-35-27-22-18-16-15-17-20-24-30-37-44-51-58-71(3)4/h71-76,81H,8-70H2,1-7H3,(H,86,87)(H,88,89)/t73?,74-,75+,76+/m0/s1. The maximum atomic E-state index is 13.1. The van der Waals surface area contributed by atoms with Crippen LogP contribution in [0.1, 0.15) is 414 Å². The summed E-state index contributed by atoms with van der Waals surface area (Å²) in [7, 11) is -9.92. The molecule has 0 aliphatic heterocycles. The zero-order valence-electron chi connectivity index (χ0n) is 65.0. The van der Waals surface area contributed by atoms with Gasteiger partial charge < -0.3 is 33.8 Å². The molecule has 0 aliphatic rings. The van der Waals surface area contributed by atoms with E-state index in [4.69, 9.17) is 37.0 Å². The number of unbranched alkanes of at least 4 members (excludes halogenated alkanes) is 45. The number of phosphoric ester groups is 2. The van der Waals surface area contributed by atoms with Gasteiger partial charge in [-0.1, -0.05) is 363 Å². The molecule has 0 amide bonds. The van der Waals surface area contributed by atoms with Gasteiger partial charge in [0, 0.05) is 25.7 Å². The van der Waals surface area contributed by atoms with Crippen LogP contribution in [0.2, 0.25) is 0 Å². The molecule has 0 aromatic heterocycles. The fraction of sp³-hybridized carbons (Fsp3) is 0.950. The summed E-state index contributed by atoms with van der Waals surface area (Å²) in [6.45, 7) is 12.0. The van der Waals surface area contributed by atoms with Crippen molar-refractivity contribution < 1.29 is 80.2 Å². The highest BCUT2D eigenvalue weighted by atomic mass is 31.2. The monoisotopic (exact) mass is 1450 g/mol. The van der Waals surface area contributed by atoms with Crippen molar-refractivity contribution in [1.29, 1.82) is 0 Å². The topological polar surface area (TPSA) is 237 Å². The van der Waals surface area contributed by atoms with E-state index in [0.29, 0.717) is 25.7 Å². The maximum Gasteiger partial charge on any atom is 0.472 e. The van der Waals surface area contributed by atoms with Crippen LogP contribution >= 0.6 is 15.6 Å². The van der Waals surface area contributed by atoms with Crippen LogP contribution in [0, 0.1) is 17.8 Å². The van der Waals surface area contributed by atoms with Crippen molar-refractivity contribution in [2.45, 2.75) is 433 Å². The van der Waals surface area contributed by atoms with Gasteiger partial charge in [-0.25, -0.2) is 9.13 Å². The Kier molecular flexibility index (Phi) is 69.0. The van der Waals surface area contributed by atoms with Crippen LogP contribution in [0.25, 0.3) is 0 Å². The van der Waals surface area contributed by atoms with Crippen LogP contribution in [0.15, 0.2) is 0 Å². The van der Waals surface area contributed by atoms with Gasteiger partial charge in [0.2, 0.25) is 0 Å². The van der Waals surface area contributed by atoms with Gasteiger partial charge >= 0.3 is 39.5 Å². The fourth-order valence-electron chi connectivity index (χ4n) is 12.3. The summed E-state index contributed by atoms with van der Waals surface area (Å²) in [5.74, 6) is 0.292. The van der Waals surface area contributed by atoms with Crippen LogP contribution in [-0.2, 0) is 65.4 Å². The minimum Gasteiger partial charge on any atom is -0.462 e. The number of aliphatic hydroxyl groups excluding tert-OH is 1. The lowest BCUT2D eigenvalue weighted by Gasteiger charge is -2.21. The van der Waals surface area contributed by atoms with Gasteiger partial charge in [-0.15, -0.1) is 0 Å². The molecule has 6 atom stereocenters. The Hall–Kier alpha value is -1.94. The molecule has 0 aromatic rings. The second kappa shape index (κ2) is 70.4. The minimum absolute atomic E-state index is 0.106. The zero-order chi connectivity index (χ0) is 73.0. The van der Waals surface area contributed by atoms with Crippen LogP contribution < -0.4 is 0 Å². The fourth-order valence-corrected chi connectivity index (χ4v) is 13.9. The molecule has 0 spiro atoms. The molecule has 99 heavy (non-hydrogen) atoms. The van der Waals surface area contributed by atoms with Crippen LogP contribution in [0.4, 0.5) is 0 Å². The minimum atomic E-state index is -4.96. The van der Waals surface area contributed by atoms with E-state index in [0.717, 1.165) is 108 Å². The largest absolute Gasteiger partial charge is 0.472 e. The molecule has 17 nitrogen and oxygen atoms in total. The van der Waals surface area contributed by atoms with E-state index >= 15 is 0 Å². The number of ether oxygens (including phenoxy) is 4. The normalized spacial score (nSPS) is 14.3. The first kappa shape index (κ1) is 97.1. The molecular weight excluding hydrogens is 1290 g/mol. The van der Waals surface area contributed by atoms with E-state index in [1.54, 1.807) is 0 Å². The van der Waals surface area contributed by atoms with Gasteiger partial charge in [0.1, 0.15) is 19.3 Å². The third kappa shape index (κ3) is 72.8. The van der Waals surface area contributed by atoms with E-state index in [2.05, 4.69) is 48.5 Å². The molecular formula is C80H156O17P2. The second-order valence-electron chi connectivity index (χ2n) is 30.0. The highest BCUT2D eigenvalue weighted by molar-refractivity contribution is 7.47. The highest BCUT2D eigenvalue weighted by Gasteiger charge is 2.30. The highest BCUT2D eigenvalue weighted by Crippen LogP contribution is 2.45. The van der Waals surface area contributed by atoms with Gasteiger partial charge in [0.05, 0.1) is 26.4 Å². The predicted octanol–water partition coefficient (Wildman–Crippen LogP) is 23.7. The van der Waals surface area contributed by atoms with Crippen LogP contribution in [-0.4, -0.2) is 96.7 Å². The molecule has 0 aromatic carbocycles. The first-order chi connectivity index (χ1) is 47.8. The molecule has 588 valence electrons. The lowest BCUT2D eigenvalue weighted by atomic mass is 9.99. The Bertz CT molecular complexity index is 1920. The lowest BCUT2D eigenvalue weighted by molar-refractivity contribution is -0.161.